The Morgan fingerprint density at radius 1 is 1.03 bits per heavy atom. The van der Waals surface area contributed by atoms with E-state index in [1.807, 2.05) is 0 Å². The first kappa shape index (κ1) is 21.4. The van der Waals surface area contributed by atoms with Crippen LogP contribution >= 0.6 is 0 Å². The van der Waals surface area contributed by atoms with Gasteiger partial charge in [-0.25, -0.2) is 9.59 Å². The van der Waals surface area contributed by atoms with Crippen molar-refractivity contribution in [2.45, 2.75) is 6.92 Å². The number of nitrogens with one attached hydrogen (secondary N) is 1. The molecular weight excluding hydrogens is 384 g/mol. The van der Waals surface area contributed by atoms with Crippen molar-refractivity contribution in [3.8, 4) is 5.75 Å². The SMILES string of the molecule is COC(=O)c1ccc(C(=O)OC)c(NC(=O)COc2ccc(C)cc2[N+](=O)[O-])c1. The number of nitro groups is 1. The Balaban J connectivity index is 2.21. The molecule has 2 aromatic rings. The highest BCUT2D eigenvalue weighted by Crippen LogP contribution is 2.27. The second-order valence-electron chi connectivity index (χ2n) is 5.81. The van der Waals surface area contributed by atoms with Crippen molar-refractivity contribution in [3.05, 3.63) is 63.2 Å². The number of hydrogen-bond acceptors (Lipinski definition) is 8. The number of carbonyl (C=O) groups excluding carboxylic acids is 3. The lowest BCUT2D eigenvalue weighted by Crippen LogP contribution is -2.22. The minimum Gasteiger partial charge on any atom is -0.477 e. The second-order valence-corrected chi connectivity index (χ2v) is 5.81. The molecule has 2 aromatic carbocycles. The number of carbonyl (C=O) groups is 3. The molecule has 0 fully saturated rings. The van der Waals surface area contributed by atoms with Gasteiger partial charge in [0.1, 0.15) is 0 Å². The molecule has 0 aliphatic carbocycles. The highest BCUT2D eigenvalue weighted by Gasteiger charge is 2.19. The number of rotatable bonds is 7. The molecule has 0 atom stereocenters. The highest BCUT2D eigenvalue weighted by atomic mass is 16.6. The van der Waals surface area contributed by atoms with E-state index in [-0.39, 0.29) is 28.3 Å². The number of methoxy groups -OCH3 is 2. The van der Waals surface area contributed by atoms with E-state index in [2.05, 4.69) is 14.8 Å². The van der Waals surface area contributed by atoms with Gasteiger partial charge in [0.15, 0.2) is 12.4 Å². The van der Waals surface area contributed by atoms with Crippen molar-refractivity contribution >= 4 is 29.2 Å². The van der Waals surface area contributed by atoms with Gasteiger partial charge in [-0.15, -0.1) is 0 Å². The Bertz CT molecular complexity index is 971. The summed E-state index contributed by atoms with van der Waals surface area (Å²) in [6.07, 6.45) is 0. The van der Waals surface area contributed by atoms with Gasteiger partial charge in [0.25, 0.3) is 5.91 Å². The van der Waals surface area contributed by atoms with Gasteiger partial charge < -0.3 is 19.5 Å². The van der Waals surface area contributed by atoms with Crippen LogP contribution in [0.5, 0.6) is 5.75 Å². The summed E-state index contributed by atoms with van der Waals surface area (Å²) in [7, 11) is 2.36. The summed E-state index contributed by atoms with van der Waals surface area (Å²) in [6.45, 7) is 1.12. The first-order valence-electron chi connectivity index (χ1n) is 8.25. The fourth-order valence-electron chi connectivity index (χ4n) is 2.40. The summed E-state index contributed by atoms with van der Waals surface area (Å²) >= 11 is 0. The lowest BCUT2D eigenvalue weighted by Gasteiger charge is -2.12. The van der Waals surface area contributed by atoms with Crippen LogP contribution in [0, 0.1) is 17.0 Å². The van der Waals surface area contributed by atoms with Crippen molar-refractivity contribution in [3.63, 3.8) is 0 Å². The molecule has 29 heavy (non-hydrogen) atoms. The Morgan fingerprint density at radius 2 is 1.72 bits per heavy atom. The summed E-state index contributed by atoms with van der Waals surface area (Å²) in [6, 6.07) is 8.22. The molecule has 1 amide bonds. The van der Waals surface area contributed by atoms with Crippen molar-refractivity contribution in [2.24, 2.45) is 0 Å². The van der Waals surface area contributed by atoms with E-state index >= 15 is 0 Å². The molecule has 0 saturated heterocycles. The maximum absolute atomic E-state index is 12.3. The zero-order valence-corrected chi connectivity index (χ0v) is 15.9. The molecule has 0 heterocycles. The molecule has 2 rings (SSSR count). The summed E-state index contributed by atoms with van der Waals surface area (Å²) < 4.78 is 14.5. The Labute approximate surface area is 165 Å². The van der Waals surface area contributed by atoms with Crippen LogP contribution in [0.25, 0.3) is 0 Å². The first-order chi connectivity index (χ1) is 13.8. The number of nitro benzene ring substituents is 1. The Morgan fingerprint density at radius 3 is 2.34 bits per heavy atom. The van der Waals surface area contributed by atoms with E-state index in [1.54, 1.807) is 13.0 Å². The van der Waals surface area contributed by atoms with Gasteiger partial charge in [-0.1, -0.05) is 6.07 Å². The van der Waals surface area contributed by atoms with Crippen LogP contribution in [-0.4, -0.2) is 43.6 Å². The van der Waals surface area contributed by atoms with Gasteiger partial charge in [-0.2, -0.15) is 0 Å². The first-order valence-corrected chi connectivity index (χ1v) is 8.25. The smallest absolute Gasteiger partial charge is 0.339 e. The Kier molecular flexibility index (Phi) is 6.85. The van der Waals surface area contributed by atoms with Crippen molar-refractivity contribution in [1.29, 1.82) is 0 Å². The van der Waals surface area contributed by atoms with Gasteiger partial charge >= 0.3 is 17.6 Å². The molecule has 10 nitrogen and oxygen atoms in total. The molecule has 1 N–H and O–H groups in total. The maximum atomic E-state index is 12.3. The third kappa shape index (κ3) is 5.28. The third-order valence-corrected chi connectivity index (χ3v) is 3.79. The predicted molar refractivity (Wildman–Crippen MR) is 101 cm³/mol. The van der Waals surface area contributed by atoms with E-state index in [0.717, 1.165) is 0 Å². The van der Waals surface area contributed by atoms with Gasteiger partial charge in [0.2, 0.25) is 0 Å². The van der Waals surface area contributed by atoms with E-state index in [9.17, 15) is 24.5 Å². The monoisotopic (exact) mass is 402 g/mol. The van der Waals surface area contributed by atoms with Crippen molar-refractivity contribution in [1.82, 2.24) is 0 Å². The fraction of sp³-hybridized carbons (Fsp3) is 0.211. The van der Waals surface area contributed by atoms with Crippen LogP contribution in [0.4, 0.5) is 11.4 Å². The lowest BCUT2D eigenvalue weighted by molar-refractivity contribution is -0.385. The number of ether oxygens (including phenoxy) is 3. The van der Waals surface area contributed by atoms with Gasteiger partial charge in [0.05, 0.1) is 36.0 Å². The standard InChI is InChI=1S/C19H18N2O8/c1-11-4-7-16(15(8-11)21(25)26)29-10-17(22)20-14-9-12(18(23)27-2)5-6-13(14)19(24)28-3/h4-9H,10H2,1-3H3,(H,20,22). The van der Waals surface area contributed by atoms with Gasteiger partial charge in [0, 0.05) is 6.07 Å². The molecule has 0 radical (unpaired) electrons. The average molecular weight is 402 g/mol. The molecule has 0 spiro atoms. The zero-order valence-electron chi connectivity index (χ0n) is 15.9. The summed E-state index contributed by atoms with van der Waals surface area (Å²) in [5.74, 6) is -2.17. The van der Waals surface area contributed by atoms with E-state index in [4.69, 9.17) is 4.74 Å². The highest BCUT2D eigenvalue weighted by molar-refractivity contribution is 6.03. The Hall–Kier alpha value is -3.95. The molecular formula is C19H18N2O8. The number of hydrogen-bond donors (Lipinski definition) is 1. The normalized spacial score (nSPS) is 10.0. The molecule has 0 aliphatic heterocycles. The van der Waals surface area contributed by atoms with Crippen molar-refractivity contribution < 1.29 is 33.5 Å². The third-order valence-electron chi connectivity index (χ3n) is 3.79. The number of nitrogens with zero attached hydrogens (tertiary/aromatic N) is 1. The quantitative estimate of drug-likeness (QED) is 0.424. The molecule has 152 valence electrons. The maximum Gasteiger partial charge on any atom is 0.339 e. The van der Waals surface area contributed by atoms with Crippen LogP contribution in [-0.2, 0) is 14.3 Å². The number of aryl methyl sites for hydroxylation is 1. The van der Waals surface area contributed by atoms with Gasteiger partial charge in [-0.05, 0) is 36.8 Å². The summed E-state index contributed by atoms with van der Waals surface area (Å²) in [5.41, 5.74) is 0.503. The van der Waals surface area contributed by atoms with Crippen molar-refractivity contribution in [2.75, 3.05) is 26.1 Å². The van der Waals surface area contributed by atoms with Crippen LogP contribution in [0.2, 0.25) is 0 Å². The fourth-order valence-corrected chi connectivity index (χ4v) is 2.40. The molecule has 0 unspecified atom stereocenters. The minimum absolute atomic E-state index is 0.00626. The predicted octanol–water partition coefficient (Wildman–Crippen LogP) is 2.49. The molecule has 10 heteroatoms. The van der Waals surface area contributed by atoms with Gasteiger partial charge in [-0.3, -0.25) is 14.9 Å². The largest absolute Gasteiger partial charge is 0.477 e. The van der Waals surface area contributed by atoms with Crippen LogP contribution in [0.3, 0.4) is 0 Å². The molecule has 0 bridgehead atoms. The molecule has 0 aliphatic rings. The topological polar surface area (TPSA) is 134 Å². The number of anilines is 1. The van der Waals surface area contributed by atoms with E-state index in [0.29, 0.717) is 5.56 Å². The number of benzene rings is 2. The molecule has 0 aromatic heterocycles. The number of esters is 2. The molecule has 0 saturated carbocycles. The summed E-state index contributed by atoms with van der Waals surface area (Å²) in [4.78, 5) is 46.4. The zero-order chi connectivity index (χ0) is 21.6. The second kappa shape index (κ2) is 9.31. The van der Waals surface area contributed by atoms with E-state index in [1.165, 1.54) is 44.6 Å². The summed E-state index contributed by atoms with van der Waals surface area (Å²) in [5, 5.41) is 13.6. The van der Waals surface area contributed by atoms with Crippen LogP contribution < -0.4 is 10.1 Å². The minimum atomic E-state index is -0.730. The van der Waals surface area contributed by atoms with Crippen LogP contribution in [0.15, 0.2) is 36.4 Å². The average Bonchev–Trinajstić information content (AvgIpc) is 2.71. The van der Waals surface area contributed by atoms with Crippen LogP contribution in [0.1, 0.15) is 26.3 Å². The number of amides is 1. The lowest BCUT2D eigenvalue weighted by atomic mass is 10.1. The van der Waals surface area contributed by atoms with E-state index < -0.39 is 29.4 Å².